The maximum absolute atomic E-state index is 12.4. The van der Waals surface area contributed by atoms with Crippen molar-refractivity contribution in [2.24, 2.45) is 0 Å². The van der Waals surface area contributed by atoms with E-state index in [1.807, 2.05) is 0 Å². The number of carbonyl (C=O) groups excluding carboxylic acids is 2. The molecule has 0 saturated carbocycles. The number of aldehydes is 1. The van der Waals surface area contributed by atoms with Gasteiger partial charge in [0.15, 0.2) is 6.29 Å². The van der Waals surface area contributed by atoms with Crippen LogP contribution in [0.2, 0.25) is 0 Å². The van der Waals surface area contributed by atoms with Crippen molar-refractivity contribution >= 4 is 12.1 Å². The number of hydrogen-bond donors (Lipinski definition) is 0. The van der Waals surface area contributed by atoms with Gasteiger partial charge >= 0.3 is 6.18 Å². The Morgan fingerprint density at radius 2 is 1.59 bits per heavy atom. The summed E-state index contributed by atoms with van der Waals surface area (Å²) < 4.78 is 42.7. The first kappa shape index (κ1) is 15.8. The van der Waals surface area contributed by atoms with Gasteiger partial charge in [-0.15, -0.1) is 0 Å². The molecule has 0 amide bonds. The molecule has 0 aromatic heterocycles. The predicted molar refractivity (Wildman–Crippen MR) is 72.6 cm³/mol. The van der Waals surface area contributed by atoms with Gasteiger partial charge in [-0.1, -0.05) is 12.1 Å². The third-order valence-corrected chi connectivity index (χ3v) is 2.93. The van der Waals surface area contributed by atoms with Crippen LogP contribution in [0, 0.1) is 0 Å². The SMILES string of the molecule is O=CC(=O)c1ccc(OCc2ccc(C(F)(F)F)cc2)cc1. The van der Waals surface area contributed by atoms with Crippen molar-refractivity contribution in [3.8, 4) is 5.75 Å². The average molecular weight is 308 g/mol. The maximum Gasteiger partial charge on any atom is 0.416 e. The Morgan fingerprint density at radius 1 is 1.00 bits per heavy atom. The van der Waals surface area contributed by atoms with E-state index >= 15 is 0 Å². The predicted octanol–water partition coefficient (Wildman–Crippen LogP) is 3.67. The Kier molecular flexibility index (Phi) is 4.60. The minimum absolute atomic E-state index is 0.0963. The van der Waals surface area contributed by atoms with Crippen molar-refractivity contribution in [2.75, 3.05) is 0 Å². The number of halogens is 3. The van der Waals surface area contributed by atoms with E-state index in [1.54, 1.807) is 0 Å². The van der Waals surface area contributed by atoms with E-state index in [2.05, 4.69) is 0 Å². The molecule has 2 aromatic carbocycles. The molecule has 0 N–H and O–H groups in total. The van der Waals surface area contributed by atoms with Crippen molar-refractivity contribution in [1.29, 1.82) is 0 Å². The van der Waals surface area contributed by atoms with Gasteiger partial charge < -0.3 is 4.74 Å². The van der Waals surface area contributed by atoms with Gasteiger partial charge in [0.2, 0.25) is 5.78 Å². The smallest absolute Gasteiger partial charge is 0.416 e. The van der Waals surface area contributed by atoms with Gasteiger partial charge in [-0.05, 0) is 42.0 Å². The summed E-state index contributed by atoms with van der Waals surface area (Å²) in [7, 11) is 0. The van der Waals surface area contributed by atoms with Crippen molar-refractivity contribution in [1.82, 2.24) is 0 Å². The van der Waals surface area contributed by atoms with Gasteiger partial charge in [-0.25, -0.2) is 0 Å². The van der Waals surface area contributed by atoms with Crippen molar-refractivity contribution in [2.45, 2.75) is 12.8 Å². The summed E-state index contributed by atoms with van der Waals surface area (Å²) in [6.45, 7) is 0.0963. The molecule has 3 nitrogen and oxygen atoms in total. The molecule has 0 aliphatic carbocycles. The van der Waals surface area contributed by atoms with Crippen LogP contribution in [0.4, 0.5) is 13.2 Å². The fraction of sp³-hybridized carbons (Fsp3) is 0.125. The summed E-state index contributed by atoms with van der Waals surface area (Å²) in [6, 6.07) is 10.6. The Bertz CT molecular complexity index is 659. The second-order valence-electron chi connectivity index (χ2n) is 4.49. The van der Waals surface area contributed by atoms with Gasteiger partial charge in [-0.3, -0.25) is 9.59 Å². The fourth-order valence-corrected chi connectivity index (χ4v) is 1.74. The molecule has 0 spiro atoms. The standard InChI is InChI=1S/C16H11F3O3/c17-16(18,19)13-5-1-11(2-6-13)10-22-14-7-3-12(4-8-14)15(21)9-20/h1-9H,10H2. The van der Waals surface area contributed by atoms with E-state index in [-0.39, 0.29) is 18.5 Å². The summed E-state index contributed by atoms with van der Waals surface area (Å²) in [4.78, 5) is 21.5. The zero-order valence-electron chi connectivity index (χ0n) is 11.3. The Hall–Kier alpha value is -2.63. The Balaban J connectivity index is 1.98. The third kappa shape index (κ3) is 3.94. The molecule has 0 aliphatic heterocycles. The van der Waals surface area contributed by atoms with E-state index in [4.69, 9.17) is 4.74 Å². The molecule has 6 heteroatoms. The number of hydrogen-bond acceptors (Lipinski definition) is 3. The highest BCUT2D eigenvalue weighted by Gasteiger charge is 2.29. The minimum Gasteiger partial charge on any atom is -0.489 e. The van der Waals surface area contributed by atoms with E-state index in [1.165, 1.54) is 36.4 Å². The summed E-state index contributed by atoms with van der Waals surface area (Å²) in [5.41, 5.74) is 0.117. The molecule has 0 atom stereocenters. The molecular weight excluding hydrogens is 297 g/mol. The molecule has 0 fully saturated rings. The summed E-state index contributed by atoms with van der Waals surface area (Å²) in [5, 5.41) is 0. The van der Waals surface area contributed by atoms with Crippen LogP contribution >= 0.6 is 0 Å². The third-order valence-electron chi connectivity index (χ3n) is 2.93. The molecule has 0 unspecified atom stereocenters. The Morgan fingerprint density at radius 3 is 2.09 bits per heavy atom. The number of benzene rings is 2. The molecule has 0 heterocycles. The van der Waals surface area contributed by atoms with Crippen LogP contribution < -0.4 is 4.74 Å². The number of alkyl halides is 3. The number of rotatable bonds is 5. The monoisotopic (exact) mass is 308 g/mol. The zero-order valence-corrected chi connectivity index (χ0v) is 11.3. The number of Topliss-reactive ketones (excluding diaryl/α,β-unsaturated/α-hetero) is 1. The van der Waals surface area contributed by atoms with Crippen LogP contribution in [0.5, 0.6) is 5.75 Å². The Labute approximate surface area is 124 Å². The molecule has 0 bridgehead atoms. The van der Waals surface area contributed by atoms with Crippen molar-refractivity contribution in [3.63, 3.8) is 0 Å². The van der Waals surface area contributed by atoms with Crippen LogP contribution in [0.1, 0.15) is 21.5 Å². The zero-order chi connectivity index (χ0) is 16.2. The number of carbonyl (C=O) groups is 2. The lowest BCUT2D eigenvalue weighted by molar-refractivity contribution is -0.137. The van der Waals surface area contributed by atoms with Gasteiger partial charge in [0, 0.05) is 5.56 Å². The molecule has 0 aliphatic rings. The lowest BCUT2D eigenvalue weighted by atomic mass is 10.1. The largest absolute Gasteiger partial charge is 0.489 e. The van der Waals surface area contributed by atoms with Crippen molar-refractivity contribution in [3.05, 3.63) is 65.2 Å². The normalized spacial score (nSPS) is 11.0. The molecule has 114 valence electrons. The summed E-state index contributed by atoms with van der Waals surface area (Å²) >= 11 is 0. The topological polar surface area (TPSA) is 43.4 Å². The van der Waals surface area contributed by atoms with Crippen LogP contribution in [-0.4, -0.2) is 12.1 Å². The molecule has 0 saturated heterocycles. The van der Waals surface area contributed by atoms with Crippen LogP contribution in [0.25, 0.3) is 0 Å². The van der Waals surface area contributed by atoms with E-state index in [0.29, 0.717) is 11.3 Å². The van der Waals surface area contributed by atoms with Gasteiger partial charge in [0.1, 0.15) is 12.4 Å². The van der Waals surface area contributed by atoms with Gasteiger partial charge in [0.25, 0.3) is 0 Å². The number of ketones is 1. The van der Waals surface area contributed by atoms with E-state index in [9.17, 15) is 22.8 Å². The molecule has 22 heavy (non-hydrogen) atoms. The summed E-state index contributed by atoms with van der Waals surface area (Å²) in [5.74, 6) is -0.184. The van der Waals surface area contributed by atoms with E-state index < -0.39 is 17.5 Å². The molecular formula is C16H11F3O3. The average Bonchev–Trinajstić information content (AvgIpc) is 2.52. The number of ether oxygens (including phenoxy) is 1. The quantitative estimate of drug-likeness (QED) is 0.481. The lowest BCUT2D eigenvalue weighted by Crippen LogP contribution is -2.05. The van der Waals surface area contributed by atoms with Gasteiger partial charge in [0.05, 0.1) is 5.56 Å². The molecule has 2 rings (SSSR count). The second kappa shape index (κ2) is 6.43. The fourth-order valence-electron chi connectivity index (χ4n) is 1.74. The van der Waals surface area contributed by atoms with Crippen LogP contribution in [-0.2, 0) is 17.6 Å². The van der Waals surface area contributed by atoms with Crippen molar-refractivity contribution < 1.29 is 27.5 Å². The maximum atomic E-state index is 12.4. The van der Waals surface area contributed by atoms with Gasteiger partial charge in [-0.2, -0.15) is 13.2 Å². The lowest BCUT2D eigenvalue weighted by Gasteiger charge is -2.09. The van der Waals surface area contributed by atoms with Crippen LogP contribution in [0.15, 0.2) is 48.5 Å². The first-order valence-electron chi connectivity index (χ1n) is 6.28. The van der Waals surface area contributed by atoms with Crippen LogP contribution in [0.3, 0.4) is 0 Å². The first-order chi connectivity index (χ1) is 10.4. The molecule has 0 radical (unpaired) electrons. The van der Waals surface area contributed by atoms with E-state index in [0.717, 1.165) is 12.1 Å². The highest BCUT2D eigenvalue weighted by molar-refractivity contribution is 6.33. The minimum atomic E-state index is -4.36. The second-order valence-corrected chi connectivity index (χ2v) is 4.49. The summed E-state index contributed by atoms with van der Waals surface area (Å²) in [6.07, 6.45) is -4.14. The highest BCUT2D eigenvalue weighted by Crippen LogP contribution is 2.29. The first-order valence-corrected chi connectivity index (χ1v) is 6.28. The highest BCUT2D eigenvalue weighted by atomic mass is 19.4. The molecule has 2 aromatic rings.